The van der Waals surface area contributed by atoms with Crippen LogP contribution in [0, 0.1) is 0 Å². The van der Waals surface area contributed by atoms with Gasteiger partial charge in [-0.15, -0.1) is 0 Å². The van der Waals surface area contributed by atoms with Crippen LogP contribution in [-0.2, 0) is 16.1 Å². The van der Waals surface area contributed by atoms with E-state index in [1.807, 2.05) is 6.07 Å². The second-order valence-electron chi connectivity index (χ2n) is 4.77. The monoisotopic (exact) mass is 281 g/mol. The fraction of sp³-hybridized carbons (Fsp3) is 0.538. The summed E-state index contributed by atoms with van der Waals surface area (Å²) in [6.07, 6.45) is -0.190. The third-order valence-electron chi connectivity index (χ3n) is 3.29. The first kappa shape index (κ1) is 14.9. The minimum atomic E-state index is -1.09. The molecule has 20 heavy (non-hydrogen) atoms. The van der Waals surface area contributed by atoms with Crippen molar-refractivity contribution in [3.8, 4) is 0 Å². The lowest BCUT2D eigenvalue weighted by Crippen LogP contribution is -2.37. The van der Waals surface area contributed by atoms with Crippen LogP contribution in [0.15, 0.2) is 24.5 Å². The Morgan fingerprint density at radius 1 is 1.40 bits per heavy atom. The number of ether oxygens (including phenoxy) is 1. The number of rotatable bonds is 5. The van der Waals surface area contributed by atoms with E-state index in [9.17, 15) is 15.0 Å². The molecule has 1 aliphatic heterocycles. The fourth-order valence-electron chi connectivity index (χ4n) is 2.15. The molecular formula is C13H19N3O4. The van der Waals surface area contributed by atoms with Gasteiger partial charge in [-0.25, -0.2) is 0 Å². The molecule has 1 aliphatic rings. The van der Waals surface area contributed by atoms with Gasteiger partial charge in [-0.2, -0.15) is 0 Å². The van der Waals surface area contributed by atoms with Crippen molar-refractivity contribution < 1.29 is 19.7 Å². The molecule has 0 aliphatic carbocycles. The quantitative estimate of drug-likeness (QED) is 0.524. The number of aliphatic hydroxyl groups excluding tert-OH is 2. The largest absolute Gasteiger partial charge is 0.388 e. The van der Waals surface area contributed by atoms with E-state index >= 15 is 0 Å². The molecule has 1 amide bonds. The molecule has 0 aromatic carbocycles. The molecular weight excluding hydrogens is 262 g/mol. The number of nitrogens with zero attached hydrogens (tertiary/aromatic N) is 1. The summed E-state index contributed by atoms with van der Waals surface area (Å²) in [5.41, 5.74) is 6.29. The van der Waals surface area contributed by atoms with E-state index in [1.54, 1.807) is 18.5 Å². The highest BCUT2D eigenvalue weighted by Gasteiger charge is 2.42. The van der Waals surface area contributed by atoms with Gasteiger partial charge in [0.25, 0.3) is 0 Å². The number of hydrogen-bond acceptors (Lipinski definition) is 6. The van der Waals surface area contributed by atoms with Crippen LogP contribution < -0.4 is 11.1 Å². The number of carbonyl (C=O) groups excluding carboxylic acids is 1. The zero-order valence-electron chi connectivity index (χ0n) is 11.0. The molecule has 4 atom stereocenters. The number of hydrogen-bond donors (Lipinski definition) is 4. The number of aliphatic hydroxyl groups is 2. The number of pyridine rings is 1. The van der Waals surface area contributed by atoms with Gasteiger partial charge in [-0.3, -0.25) is 9.78 Å². The first-order valence-corrected chi connectivity index (χ1v) is 6.49. The summed E-state index contributed by atoms with van der Waals surface area (Å²) < 4.78 is 5.36. The molecule has 0 radical (unpaired) electrons. The van der Waals surface area contributed by atoms with Gasteiger partial charge in [-0.1, -0.05) is 6.07 Å². The van der Waals surface area contributed by atoms with Crippen molar-refractivity contribution in [1.29, 1.82) is 0 Å². The number of nitrogens with two attached hydrogens (primary N) is 1. The molecule has 5 N–H and O–H groups in total. The van der Waals surface area contributed by atoms with E-state index in [-0.39, 0.29) is 18.9 Å². The Morgan fingerprint density at radius 3 is 2.75 bits per heavy atom. The van der Waals surface area contributed by atoms with Gasteiger partial charge in [0, 0.05) is 25.5 Å². The van der Waals surface area contributed by atoms with Crippen molar-refractivity contribution in [2.24, 2.45) is 5.73 Å². The minimum Gasteiger partial charge on any atom is -0.388 e. The van der Waals surface area contributed by atoms with E-state index in [4.69, 9.17) is 10.5 Å². The van der Waals surface area contributed by atoms with Crippen molar-refractivity contribution in [3.05, 3.63) is 30.1 Å². The smallest absolute Gasteiger partial charge is 0.222 e. The van der Waals surface area contributed by atoms with Gasteiger partial charge in [-0.05, 0) is 11.6 Å². The third kappa shape index (κ3) is 3.51. The summed E-state index contributed by atoms with van der Waals surface area (Å²) >= 11 is 0. The zero-order chi connectivity index (χ0) is 14.5. The average Bonchev–Trinajstić information content (AvgIpc) is 2.74. The molecule has 1 aromatic rings. The average molecular weight is 281 g/mol. The predicted molar refractivity (Wildman–Crippen MR) is 70.4 cm³/mol. The van der Waals surface area contributed by atoms with Crippen molar-refractivity contribution >= 4 is 5.91 Å². The van der Waals surface area contributed by atoms with E-state index in [0.717, 1.165) is 5.56 Å². The summed E-state index contributed by atoms with van der Waals surface area (Å²) in [7, 11) is 0. The highest BCUT2D eigenvalue weighted by atomic mass is 16.5. The van der Waals surface area contributed by atoms with E-state index in [0.29, 0.717) is 6.54 Å². The maximum atomic E-state index is 11.8. The minimum absolute atomic E-state index is 0.0189. The van der Waals surface area contributed by atoms with E-state index < -0.39 is 24.4 Å². The lowest BCUT2D eigenvalue weighted by molar-refractivity contribution is -0.125. The van der Waals surface area contributed by atoms with Gasteiger partial charge < -0.3 is 26.0 Å². The molecule has 0 bridgehead atoms. The Bertz CT molecular complexity index is 443. The Morgan fingerprint density at radius 2 is 2.15 bits per heavy atom. The Balaban J connectivity index is 1.80. The topological polar surface area (TPSA) is 118 Å². The molecule has 7 heteroatoms. The molecule has 1 aromatic heterocycles. The van der Waals surface area contributed by atoms with Crippen LogP contribution in [0.1, 0.15) is 12.0 Å². The van der Waals surface area contributed by atoms with E-state index in [1.165, 1.54) is 0 Å². The Hall–Kier alpha value is -1.54. The van der Waals surface area contributed by atoms with Gasteiger partial charge in [0.2, 0.25) is 5.91 Å². The van der Waals surface area contributed by atoms with Gasteiger partial charge in [0.1, 0.15) is 12.2 Å². The first-order valence-electron chi connectivity index (χ1n) is 6.49. The highest BCUT2D eigenvalue weighted by molar-refractivity contribution is 5.76. The van der Waals surface area contributed by atoms with Crippen molar-refractivity contribution in [2.75, 3.05) is 6.54 Å². The second-order valence-corrected chi connectivity index (χ2v) is 4.77. The van der Waals surface area contributed by atoms with Crippen LogP contribution >= 0.6 is 0 Å². The molecule has 7 nitrogen and oxygen atoms in total. The summed E-state index contributed by atoms with van der Waals surface area (Å²) in [4.78, 5) is 15.7. The van der Waals surface area contributed by atoms with Crippen LogP contribution in [0.3, 0.4) is 0 Å². The molecule has 0 saturated carbocycles. The number of carbonyl (C=O) groups is 1. The molecule has 1 fully saturated rings. The Kier molecular flexibility index (Phi) is 5.02. The van der Waals surface area contributed by atoms with Gasteiger partial charge >= 0.3 is 0 Å². The maximum absolute atomic E-state index is 11.8. The summed E-state index contributed by atoms with van der Waals surface area (Å²) in [5.74, 6) is -0.261. The van der Waals surface area contributed by atoms with Gasteiger partial charge in [0.05, 0.1) is 18.6 Å². The third-order valence-corrected chi connectivity index (χ3v) is 3.29. The number of amides is 1. The molecule has 2 heterocycles. The number of aromatic nitrogens is 1. The predicted octanol–water partition coefficient (Wildman–Crippen LogP) is -1.46. The fourth-order valence-corrected chi connectivity index (χ4v) is 2.15. The molecule has 0 spiro atoms. The lowest BCUT2D eigenvalue weighted by atomic mass is 10.1. The Labute approximate surface area is 116 Å². The maximum Gasteiger partial charge on any atom is 0.222 e. The molecule has 2 rings (SSSR count). The van der Waals surface area contributed by atoms with Crippen LogP contribution in [-0.4, -0.2) is 52.1 Å². The number of nitrogens with one attached hydrogen (secondary N) is 1. The van der Waals surface area contributed by atoms with Crippen LogP contribution in [0.2, 0.25) is 0 Å². The summed E-state index contributed by atoms with van der Waals surface area (Å²) in [6, 6.07) is 3.63. The first-order chi connectivity index (χ1) is 9.61. The van der Waals surface area contributed by atoms with Gasteiger partial charge in [0.15, 0.2) is 0 Å². The zero-order valence-corrected chi connectivity index (χ0v) is 11.0. The van der Waals surface area contributed by atoms with Crippen LogP contribution in [0.4, 0.5) is 0 Å². The standard InChI is InChI=1S/C13H19N3O4/c14-5-10-13(19)12(18)9(20-10)4-11(17)16-7-8-2-1-3-15-6-8/h1-3,6,9-10,12-13,18-19H,4-5,7,14H2,(H,16,17). The second kappa shape index (κ2) is 6.76. The molecule has 4 unspecified atom stereocenters. The molecule has 110 valence electrons. The normalized spacial score (nSPS) is 29.4. The lowest BCUT2D eigenvalue weighted by Gasteiger charge is -2.14. The highest BCUT2D eigenvalue weighted by Crippen LogP contribution is 2.22. The van der Waals surface area contributed by atoms with Crippen LogP contribution in [0.5, 0.6) is 0 Å². The van der Waals surface area contributed by atoms with Crippen molar-refractivity contribution in [3.63, 3.8) is 0 Å². The van der Waals surface area contributed by atoms with Crippen molar-refractivity contribution in [1.82, 2.24) is 10.3 Å². The van der Waals surface area contributed by atoms with E-state index in [2.05, 4.69) is 10.3 Å². The summed E-state index contributed by atoms with van der Waals surface area (Å²) in [5, 5.41) is 22.1. The van der Waals surface area contributed by atoms with Crippen LogP contribution in [0.25, 0.3) is 0 Å². The molecule has 1 saturated heterocycles. The SMILES string of the molecule is NCC1OC(CC(=O)NCc2cccnc2)C(O)C1O. The van der Waals surface area contributed by atoms with Crippen molar-refractivity contribution in [2.45, 2.75) is 37.4 Å². The summed E-state index contributed by atoms with van der Waals surface area (Å²) in [6.45, 7) is 0.463.